The molecule has 0 aliphatic rings. The predicted molar refractivity (Wildman–Crippen MR) is 299 cm³/mol. The highest BCUT2D eigenvalue weighted by Crippen LogP contribution is 2.49. The molecule has 0 N–H and O–H groups in total. The van der Waals surface area contributed by atoms with E-state index >= 15 is 0 Å². The van der Waals surface area contributed by atoms with Crippen molar-refractivity contribution in [2.45, 2.75) is 0 Å². The van der Waals surface area contributed by atoms with E-state index in [4.69, 9.17) is 0 Å². The van der Waals surface area contributed by atoms with Gasteiger partial charge < -0.3 is 9.80 Å². The molecule has 328 valence electrons. The van der Waals surface area contributed by atoms with Gasteiger partial charge in [0.05, 0.1) is 11.4 Å². The van der Waals surface area contributed by atoms with Crippen molar-refractivity contribution in [1.82, 2.24) is 0 Å². The zero-order valence-electron chi connectivity index (χ0n) is 38.5. The average Bonchev–Trinajstić information content (AvgIpc) is 3.45. The zero-order valence-corrected chi connectivity index (χ0v) is 38.5. The molecule has 0 aliphatic carbocycles. The Morgan fingerprint density at radius 1 is 0.157 bits per heavy atom. The van der Waals surface area contributed by atoms with Crippen molar-refractivity contribution in [3.05, 3.63) is 279 Å². The summed E-state index contributed by atoms with van der Waals surface area (Å²) in [6.45, 7) is 0. The van der Waals surface area contributed by atoms with Gasteiger partial charge in [0, 0.05) is 33.5 Å². The van der Waals surface area contributed by atoms with Gasteiger partial charge in [0.25, 0.3) is 0 Å². The quantitative estimate of drug-likeness (QED) is 0.0997. The number of benzene rings is 13. The Hall–Kier alpha value is -9.24. The lowest BCUT2D eigenvalue weighted by molar-refractivity contribution is 1.30. The van der Waals surface area contributed by atoms with Crippen LogP contribution in [0.15, 0.2) is 279 Å². The number of fused-ring (bicyclic) bond motifs is 2. The normalized spacial score (nSPS) is 11.4. The van der Waals surface area contributed by atoms with Crippen LogP contribution in [0.25, 0.3) is 87.6 Å². The summed E-state index contributed by atoms with van der Waals surface area (Å²) in [4.78, 5) is 4.85. The van der Waals surface area contributed by atoms with Crippen molar-refractivity contribution in [2.24, 2.45) is 0 Å². The van der Waals surface area contributed by atoms with Crippen molar-refractivity contribution >= 4 is 77.2 Å². The van der Waals surface area contributed by atoms with E-state index in [1.54, 1.807) is 0 Å². The molecule has 2 nitrogen and oxygen atoms in total. The van der Waals surface area contributed by atoms with Gasteiger partial charge in [-0.25, -0.2) is 0 Å². The minimum absolute atomic E-state index is 1.10. The lowest BCUT2D eigenvalue weighted by Gasteiger charge is -2.29. The molecule has 0 atom stereocenters. The van der Waals surface area contributed by atoms with Crippen molar-refractivity contribution in [1.29, 1.82) is 0 Å². The third-order valence-electron chi connectivity index (χ3n) is 14.0. The van der Waals surface area contributed by atoms with Crippen molar-refractivity contribution < 1.29 is 0 Å². The molecule has 0 aliphatic heterocycles. The fourth-order valence-corrected chi connectivity index (χ4v) is 10.7. The first-order chi connectivity index (χ1) is 34.7. The van der Waals surface area contributed by atoms with Crippen LogP contribution in [0, 0.1) is 0 Å². The molecule has 0 saturated carbocycles. The molecule has 70 heavy (non-hydrogen) atoms. The minimum Gasteiger partial charge on any atom is -0.310 e. The molecule has 13 aromatic rings. The van der Waals surface area contributed by atoms with Gasteiger partial charge in [-0.15, -0.1) is 0 Å². The molecule has 0 amide bonds. The Morgan fingerprint density at radius 2 is 0.386 bits per heavy atom. The standard InChI is InChI=1S/C68H46N2/c1-5-15-47(16-6-1)51-27-35-55(36-28-51)69(56-37-29-52(30-38-56)48-17-7-2-8-18-48)65-45-43-61-62-44-46-66(64-26-14-24-60(68(62)64)59-23-13-25-63(65)67(59)61)70(57-39-31-53(32-40-57)49-19-9-3-10-20-49)58-41-33-54(34-42-58)50-21-11-4-12-22-50/h1-46H. The molecule has 13 rings (SSSR count). The summed E-state index contributed by atoms with van der Waals surface area (Å²) in [5.74, 6) is 0. The van der Waals surface area contributed by atoms with Gasteiger partial charge >= 0.3 is 0 Å². The van der Waals surface area contributed by atoms with Crippen LogP contribution in [0.3, 0.4) is 0 Å². The van der Waals surface area contributed by atoms with E-state index in [1.165, 1.54) is 87.6 Å². The molecule has 13 aromatic carbocycles. The van der Waals surface area contributed by atoms with Gasteiger partial charge in [-0.3, -0.25) is 0 Å². The molecule has 0 saturated heterocycles. The number of rotatable bonds is 10. The maximum absolute atomic E-state index is 2.43. The molecule has 0 spiro atoms. The van der Waals surface area contributed by atoms with Crippen molar-refractivity contribution in [3.63, 3.8) is 0 Å². The summed E-state index contributed by atoms with van der Waals surface area (Å²) >= 11 is 0. The summed E-state index contributed by atoms with van der Waals surface area (Å²) in [6.07, 6.45) is 0. The van der Waals surface area contributed by atoms with Gasteiger partial charge in [0.2, 0.25) is 0 Å². The molecule has 2 heteroatoms. The Labute approximate surface area is 408 Å². The van der Waals surface area contributed by atoms with E-state index in [0.717, 1.165) is 34.1 Å². The van der Waals surface area contributed by atoms with Gasteiger partial charge in [0.1, 0.15) is 0 Å². The summed E-state index contributed by atoms with van der Waals surface area (Å²) in [6, 6.07) is 102. The van der Waals surface area contributed by atoms with Crippen LogP contribution in [-0.2, 0) is 0 Å². The molecule has 0 fully saturated rings. The summed E-state index contributed by atoms with van der Waals surface area (Å²) in [7, 11) is 0. The SMILES string of the molecule is c1ccc(-c2ccc(N(c3ccc(-c4ccccc4)cc3)c3ccc4c5ccc(N(c6ccc(-c7ccccc7)cc6)c6ccc(-c7ccccc7)cc6)c6cccc(c7cccc3c74)c65)cc2)cc1. The second kappa shape index (κ2) is 17.4. The van der Waals surface area contributed by atoms with Gasteiger partial charge in [-0.2, -0.15) is 0 Å². The molecule has 0 unspecified atom stereocenters. The van der Waals surface area contributed by atoms with E-state index in [1.807, 2.05) is 0 Å². The Kier molecular flexibility index (Phi) is 10.2. The number of hydrogen-bond donors (Lipinski definition) is 0. The first kappa shape index (κ1) is 41.0. The Morgan fingerprint density at radius 3 is 0.657 bits per heavy atom. The maximum Gasteiger partial charge on any atom is 0.0540 e. The predicted octanol–water partition coefficient (Wildman–Crippen LogP) is 19.3. The Bertz CT molecular complexity index is 3480. The third kappa shape index (κ3) is 7.22. The van der Waals surface area contributed by atoms with Crippen LogP contribution in [-0.4, -0.2) is 0 Å². The van der Waals surface area contributed by atoms with E-state index in [0.29, 0.717) is 0 Å². The van der Waals surface area contributed by atoms with Crippen LogP contribution in [0.5, 0.6) is 0 Å². The molecular formula is C68H46N2. The highest BCUT2D eigenvalue weighted by molar-refractivity contribution is 6.35. The van der Waals surface area contributed by atoms with E-state index in [9.17, 15) is 0 Å². The van der Waals surface area contributed by atoms with Crippen LogP contribution in [0.4, 0.5) is 34.1 Å². The Balaban J connectivity index is 0.979. The highest BCUT2D eigenvalue weighted by atomic mass is 15.1. The number of anilines is 6. The molecule has 0 radical (unpaired) electrons. The first-order valence-corrected chi connectivity index (χ1v) is 24.1. The first-order valence-electron chi connectivity index (χ1n) is 24.1. The van der Waals surface area contributed by atoms with Gasteiger partial charge in [-0.1, -0.05) is 218 Å². The van der Waals surface area contributed by atoms with Gasteiger partial charge in [0.15, 0.2) is 0 Å². The molecule has 0 aromatic heterocycles. The van der Waals surface area contributed by atoms with Crippen LogP contribution >= 0.6 is 0 Å². The second-order valence-corrected chi connectivity index (χ2v) is 18.0. The minimum atomic E-state index is 1.10. The zero-order chi connectivity index (χ0) is 46.4. The lowest BCUT2D eigenvalue weighted by Crippen LogP contribution is -2.11. The van der Waals surface area contributed by atoms with E-state index in [2.05, 4.69) is 289 Å². The van der Waals surface area contributed by atoms with E-state index in [-0.39, 0.29) is 0 Å². The van der Waals surface area contributed by atoms with Crippen molar-refractivity contribution in [3.8, 4) is 44.5 Å². The van der Waals surface area contributed by atoms with Crippen LogP contribution in [0.1, 0.15) is 0 Å². The highest BCUT2D eigenvalue weighted by Gasteiger charge is 2.23. The fraction of sp³-hybridized carbons (Fsp3) is 0. The third-order valence-corrected chi connectivity index (χ3v) is 14.0. The lowest BCUT2D eigenvalue weighted by atomic mass is 9.88. The second-order valence-electron chi connectivity index (χ2n) is 18.0. The van der Waals surface area contributed by atoms with E-state index < -0.39 is 0 Å². The summed E-state index contributed by atoms with van der Waals surface area (Å²) < 4.78 is 0. The molecule has 0 heterocycles. The summed E-state index contributed by atoms with van der Waals surface area (Å²) in [5, 5.41) is 9.93. The topological polar surface area (TPSA) is 6.48 Å². The monoisotopic (exact) mass is 890 g/mol. The van der Waals surface area contributed by atoms with Crippen LogP contribution < -0.4 is 9.80 Å². The largest absolute Gasteiger partial charge is 0.310 e. The molecular weight excluding hydrogens is 845 g/mol. The molecule has 0 bridgehead atoms. The number of hydrogen-bond acceptors (Lipinski definition) is 2. The number of nitrogens with zero attached hydrogens (tertiary/aromatic N) is 2. The average molecular weight is 891 g/mol. The maximum atomic E-state index is 2.43. The van der Waals surface area contributed by atoms with Gasteiger partial charge in [-0.05, 0) is 137 Å². The summed E-state index contributed by atoms with van der Waals surface area (Å²) in [5.41, 5.74) is 16.3. The fourth-order valence-electron chi connectivity index (χ4n) is 10.7. The van der Waals surface area contributed by atoms with Crippen molar-refractivity contribution in [2.75, 3.05) is 9.80 Å². The smallest absolute Gasteiger partial charge is 0.0540 e. The van der Waals surface area contributed by atoms with Crippen LogP contribution in [0.2, 0.25) is 0 Å².